The Balaban J connectivity index is 1.57. The van der Waals surface area contributed by atoms with Crippen molar-refractivity contribution in [2.75, 3.05) is 0 Å². The summed E-state index contributed by atoms with van der Waals surface area (Å²) in [6.45, 7) is 1.68. The van der Waals surface area contributed by atoms with E-state index in [1.807, 2.05) is 42.5 Å². The highest BCUT2D eigenvalue weighted by atomic mass is 16.3. The van der Waals surface area contributed by atoms with Gasteiger partial charge in [0.05, 0.1) is 12.1 Å². The topological polar surface area (TPSA) is 61.4 Å². The zero-order valence-electron chi connectivity index (χ0n) is 12.2. The minimum absolute atomic E-state index is 0.129. The number of nitrogens with one attached hydrogen (secondary N) is 2. The molecular weight excluding hydrogens is 276 g/mol. The van der Waals surface area contributed by atoms with Crippen molar-refractivity contribution in [1.82, 2.24) is 10.6 Å². The van der Waals surface area contributed by atoms with Gasteiger partial charge in [-0.25, -0.2) is 0 Å². The molecule has 1 aliphatic heterocycles. The molecule has 112 valence electrons. The van der Waals surface area contributed by atoms with Crippen LogP contribution in [0, 0.1) is 0 Å². The monoisotopic (exact) mass is 294 g/mol. The lowest BCUT2D eigenvalue weighted by Crippen LogP contribution is -2.33. The number of fused-ring (bicyclic) bond motifs is 2. The van der Waals surface area contributed by atoms with Crippen LogP contribution < -0.4 is 10.6 Å². The van der Waals surface area contributed by atoms with Gasteiger partial charge in [-0.2, -0.15) is 0 Å². The van der Waals surface area contributed by atoms with E-state index in [0.29, 0.717) is 12.0 Å². The van der Waals surface area contributed by atoms with E-state index in [2.05, 4.69) is 10.6 Å². The van der Waals surface area contributed by atoms with Crippen LogP contribution in [-0.4, -0.2) is 17.1 Å². The summed E-state index contributed by atoms with van der Waals surface area (Å²) in [5.41, 5.74) is 5.21. The number of amides is 1. The molecule has 2 aromatic rings. The lowest BCUT2D eigenvalue weighted by Gasteiger charge is -2.18. The first-order valence-corrected chi connectivity index (χ1v) is 7.61. The Morgan fingerprint density at radius 2 is 1.91 bits per heavy atom. The van der Waals surface area contributed by atoms with E-state index in [1.54, 1.807) is 0 Å². The average Bonchev–Trinajstić information content (AvgIpc) is 3.11. The van der Waals surface area contributed by atoms with Crippen LogP contribution in [0.3, 0.4) is 0 Å². The average molecular weight is 294 g/mol. The summed E-state index contributed by atoms with van der Waals surface area (Å²) in [5, 5.41) is 16.5. The molecule has 2 aliphatic rings. The van der Waals surface area contributed by atoms with Crippen LogP contribution in [-0.2, 0) is 19.5 Å². The smallest absolute Gasteiger partial charge is 0.251 e. The molecule has 2 aromatic carbocycles. The van der Waals surface area contributed by atoms with Crippen molar-refractivity contribution < 1.29 is 9.90 Å². The first-order chi connectivity index (χ1) is 10.7. The second-order valence-electron chi connectivity index (χ2n) is 6.01. The SMILES string of the molecule is O=C(N[C@@H]1c2ccccc2C[C@@H]1O)c1ccc2c(c1)CNC2. The van der Waals surface area contributed by atoms with Crippen molar-refractivity contribution in [1.29, 1.82) is 0 Å². The predicted octanol–water partition coefficient (Wildman–Crippen LogP) is 1.68. The van der Waals surface area contributed by atoms with Crippen LogP contribution in [0.25, 0.3) is 0 Å². The second kappa shape index (κ2) is 5.23. The van der Waals surface area contributed by atoms with E-state index in [4.69, 9.17) is 0 Å². The summed E-state index contributed by atoms with van der Waals surface area (Å²) in [6, 6.07) is 13.4. The summed E-state index contributed by atoms with van der Waals surface area (Å²) in [7, 11) is 0. The van der Waals surface area contributed by atoms with Crippen molar-refractivity contribution in [3.05, 3.63) is 70.3 Å². The summed E-state index contributed by atoms with van der Waals surface area (Å²) in [6.07, 6.45) is 0.0346. The third-order valence-corrected chi connectivity index (χ3v) is 4.59. The molecule has 4 rings (SSSR count). The van der Waals surface area contributed by atoms with Crippen molar-refractivity contribution >= 4 is 5.91 Å². The Labute approximate surface area is 129 Å². The van der Waals surface area contributed by atoms with Gasteiger partial charge in [-0.15, -0.1) is 0 Å². The van der Waals surface area contributed by atoms with Gasteiger partial charge >= 0.3 is 0 Å². The molecule has 0 saturated carbocycles. The Bertz CT molecular complexity index is 742. The quantitative estimate of drug-likeness (QED) is 0.790. The number of aliphatic hydroxyl groups excluding tert-OH is 1. The van der Waals surface area contributed by atoms with Crippen LogP contribution in [0.5, 0.6) is 0 Å². The molecule has 3 N–H and O–H groups in total. The maximum Gasteiger partial charge on any atom is 0.251 e. The maximum absolute atomic E-state index is 12.5. The number of carbonyl (C=O) groups excluding carboxylic acids is 1. The molecule has 0 saturated heterocycles. The molecule has 0 spiro atoms. The first-order valence-electron chi connectivity index (χ1n) is 7.61. The van der Waals surface area contributed by atoms with E-state index in [0.717, 1.165) is 24.2 Å². The van der Waals surface area contributed by atoms with E-state index in [-0.39, 0.29) is 11.9 Å². The molecule has 4 heteroatoms. The highest BCUT2D eigenvalue weighted by molar-refractivity contribution is 5.95. The molecule has 22 heavy (non-hydrogen) atoms. The molecule has 1 heterocycles. The summed E-state index contributed by atoms with van der Waals surface area (Å²) in [5.74, 6) is -0.129. The van der Waals surface area contributed by atoms with Crippen LogP contribution in [0.2, 0.25) is 0 Å². The van der Waals surface area contributed by atoms with Crippen LogP contribution >= 0.6 is 0 Å². The predicted molar refractivity (Wildman–Crippen MR) is 83.3 cm³/mol. The van der Waals surface area contributed by atoms with E-state index >= 15 is 0 Å². The number of hydrogen-bond acceptors (Lipinski definition) is 3. The van der Waals surface area contributed by atoms with Crippen molar-refractivity contribution in [2.24, 2.45) is 0 Å². The lowest BCUT2D eigenvalue weighted by atomic mass is 10.0. The Hall–Kier alpha value is -2.17. The van der Waals surface area contributed by atoms with Gasteiger partial charge in [-0.3, -0.25) is 4.79 Å². The zero-order chi connectivity index (χ0) is 15.1. The summed E-state index contributed by atoms with van der Waals surface area (Å²) in [4.78, 5) is 12.5. The van der Waals surface area contributed by atoms with Gasteiger partial charge in [0.25, 0.3) is 5.91 Å². The Morgan fingerprint density at radius 1 is 1.09 bits per heavy atom. The molecule has 4 nitrogen and oxygen atoms in total. The number of hydrogen-bond donors (Lipinski definition) is 3. The highest BCUT2D eigenvalue weighted by Gasteiger charge is 2.32. The normalized spacial score (nSPS) is 22.2. The van der Waals surface area contributed by atoms with Gasteiger partial charge in [0.15, 0.2) is 0 Å². The minimum atomic E-state index is -0.558. The number of aliphatic hydroxyl groups is 1. The first kappa shape index (κ1) is 13.5. The van der Waals surface area contributed by atoms with Crippen LogP contribution in [0.1, 0.15) is 38.7 Å². The third-order valence-electron chi connectivity index (χ3n) is 4.59. The number of carbonyl (C=O) groups is 1. The molecule has 0 unspecified atom stereocenters. The van der Waals surface area contributed by atoms with Gasteiger partial charge in [0.1, 0.15) is 0 Å². The van der Waals surface area contributed by atoms with Crippen LogP contribution in [0.4, 0.5) is 0 Å². The fourth-order valence-electron chi connectivity index (χ4n) is 3.41. The van der Waals surface area contributed by atoms with Crippen LogP contribution in [0.15, 0.2) is 42.5 Å². The standard InChI is InChI=1S/C18H18N2O2/c21-16-8-11-3-1-2-4-15(11)17(16)20-18(22)12-5-6-13-9-19-10-14(13)7-12/h1-7,16-17,19,21H,8-10H2,(H,20,22)/t16-,17+/m0/s1. The van der Waals surface area contributed by atoms with Crippen molar-refractivity contribution in [3.8, 4) is 0 Å². The summed E-state index contributed by atoms with van der Waals surface area (Å²) < 4.78 is 0. The molecule has 0 fully saturated rings. The van der Waals surface area contributed by atoms with Crippen molar-refractivity contribution in [3.63, 3.8) is 0 Å². The summed E-state index contributed by atoms with van der Waals surface area (Å²) >= 11 is 0. The van der Waals surface area contributed by atoms with Gasteiger partial charge < -0.3 is 15.7 Å². The fourth-order valence-corrected chi connectivity index (χ4v) is 3.41. The molecule has 2 atom stereocenters. The zero-order valence-corrected chi connectivity index (χ0v) is 12.2. The number of benzene rings is 2. The minimum Gasteiger partial charge on any atom is -0.390 e. The largest absolute Gasteiger partial charge is 0.390 e. The molecule has 0 radical (unpaired) electrons. The maximum atomic E-state index is 12.5. The Morgan fingerprint density at radius 3 is 2.82 bits per heavy atom. The lowest BCUT2D eigenvalue weighted by molar-refractivity contribution is 0.0858. The molecular formula is C18H18N2O2. The number of rotatable bonds is 2. The van der Waals surface area contributed by atoms with Gasteiger partial charge in [-0.05, 0) is 34.4 Å². The fraction of sp³-hybridized carbons (Fsp3) is 0.278. The van der Waals surface area contributed by atoms with E-state index < -0.39 is 6.10 Å². The highest BCUT2D eigenvalue weighted by Crippen LogP contribution is 2.31. The Kier molecular flexibility index (Phi) is 3.21. The van der Waals surface area contributed by atoms with Crippen molar-refractivity contribution in [2.45, 2.75) is 31.7 Å². The second-order valence-corrected chi connectivity index (χ2v) is 6.01. The van der Waals surface area contributed by atoms with Gasteiger partial charge in [0, 0.05) is 25.1 Å². The third kappa shape index (κ3) is 2.21. The van der Waals surface area contributed by atoms with E-state index in [1.165, 1.54) is 11.1 Å². The van der Waals surface area contributed by atoms with Gasteiger partial charge in [0.2, 0.25) is 0 Å². The molecule has 1 aliphatic carbocycles. The molecule has 0 bridgehead atoms. The molecule has 0 aromatic heterocycles. The molecule has 1 amide bonds. The van der Waals surface area contributed by atoms with E-state index in [9.17, 15) is 9.90 Å². The van der Waals surface area contributed by atoms with Gasteiger partial charge in [-0.1, -0.05) is 30.3 Å².